The number of likely N-dealkylation sites (tertiary alicyclic amines) is 2. The van der Waals surface area contributed by atoms with Gasteiger partial charge in [0.05, 0.1) is 17.3 Å². The SMILES string of the molecule is C[C@H]1CN(Cc2ccc3c(c2)C2(CC2)C(=O)N3C2CCC(=O)NC2=O)CCN1CC1CCN(C(=O)c2cc(F)c(C3CCN(Cc4cc5c(-n6cc(F)c(N)c(F)c6=O)ccnc5n4C)CC3)c(F)c2)CC1. The number of nitrogen functional groups attached to an aromatic ring is 1. The number of piperazine rings is 1. The first-order valence-corrected chi connectivity index (χ1v) is 25.2. The third-order valence-corrected chi connectivity index (χ3v) is 16.5. The molecular weight excluding hydrogens is 933 g/mol. The highest BCUT2D eigenvalue weighted by Crippen LogP contribution is 2.58. The summed E-state index contributed by atoms with van der Waals surface area (Å²) in [6, 6.07) is 11.5. The fourth-order valence-corrected chi connectivity index (χ4v) is 12.2. The van der Waals surface area contributed by atoms with Crippen LogP contribution in [0, 0.1) is 29.2 Å². The van der Waals surface area contributed by atoms with E-state index in [0.29, 0.717) is 75.0 Å². The quantitative estimate of drug-likeness (QED) is 0.135. The van der Waals surface area contributed by atoms with Crippen LogP contribution in [0.3, 0.4) is 0 Å². The van der Waals surface area contributed by atoms with E-state index in [-0.39, 0.29) is 46.9 Å². The standard InChI is InChI=1S/C53H58F4N10O5/c1-30-25-63(26-32-3-4-42-37(21-32)53(12-13-53)52(72)67(42)43-5-6-44(68)60-49(43)69)19-20-65(30)27-31-8-17-64(18-9-31)50(70)34-22-38(54)45(39(55)23-34)33-10-15-62(16-11-33)28-35-24-36-41(7-14-59-48(36)61(35)2)66-29-40(56)47(58)46(57)51(66)71/h3-4,7,14,21-24,29-31,33,43H,5-6,8-13,15-20,25-28,58H2,1-2H3,(H,60,68,69)/t30-,43?/m0/s1. The summed E-state index contributed by atoms with van der Waals surface area (Å²) in [5, 5.41) is 2.92. The number of rotatable bonds is 10. The molecule has 1 spiro atoms. The van der Waals surface area contributed by atoms with E-state index in [1.54, 1.807) is 9.80 Å². The Hall–Kier alpha value is -6.44. The molecule has 2 atom stereocenters. The molecule has 19 heteroatoms. The molecule has 1 aliphatic carbocycles. The Morgan fingerprint density at radius 2 is 1.57 bits per heavy atom. The van der Waals surface area contributed by atoms with Crippen LogP contribution in [0.25, 0.3) is 16.7 Å². The maximum Gasteiger partial charge on any atom is 0.293 e. The number of halogens is 4. The van der Waals surface area contributed by atoms with Crippen molar-refractivity contribution in [3.8, 4) is 5.69 Å². The maximum atomic E-state index is 15.9. The number of hydrogen-bond donors (Lipinski definition) is 2. The lowest BCUT2D eigenvalue weighted by atomic mass is 9.87. The Labute approximate surface area is 413 Å². The second kappa shape index (κ2) is 18.6. The van der Waals surface area contributed by atoms with Crippen LogP contribution >= 0.6 is 0 Å². The molecule has 5 aliphatic heterocycles. The minimum Gasteiger partial charge on any atom is -0.394 e. The van der Waals surface area contributed by atoms with Crippen molar-refractivity contribution >= 4 is 46.0 Å². The number of aryl methyl sites for hydroxylation is 1. The summed E-state index contributed by atoms with van der Waals surface area (Å²) in [4.78, 5) is 79.6. The molecule has 6 aliphatic rings. The Morgan fingerprint density at radius 3 is 2.26 bits per heavy atom. The molecule has 15 nitrogen and oxygen atoms in total. The van der Waals surface area contributed by atoms with Crippen LogP contribution in [-0.2, 0) is 39.9 Å². The van der Waals surface area contributed by atoms with Gasteiger partial charge in [-0.1, -0.05) is 12.1 Å². The zero-order valence-corrected chi connectivity index (χ0v) is 40.4. The van der Waals surface area contributed by atoms with Crippen LogP contribution < -0.4 is 21.5 Å². The summed E-state index contributed by atoms with van der Waals surface area (Å²) in [5.41, 5.74) is 7.43. The highest BCUT2D eigenvalue weighted by atomic mass is 19.1. The molecule has 4 saturated heterocycles. The monoisotopic (exact) mass is 990 g/mol. The van der Waals surface area contributed by atoms with E-state index in [4.69, 9.17) is 5.73 Å². The Bertz CT molecular complexity index is 3080. The number of hydrogen-bond acceptors (Lipinski definition) is 10. The van der Waals surface area contributed by atoms with Gasteiger partial charge in [-0.05, 0) is 118 Å². The van der Waals surface area contributed by atoms with Crippen LogP contribution in [0.15, 0.2) is 59.7 Å². The predicted octanol–water partition coefficient (Wildman–Crippen LogP) is 5.48. The first-order valence-electron chi connectivity index (χ1n) is 25.2. The Balaban J connectivity index is 0.656. The molecular formula is C53H58F4N10O5. The molecule has 72 heavy (non-hydrogen) atoms. The molecule has 3 N–H and O–H groups in total. The number of carbonyl (C=O) groups excluding carboxylic acids is 4. The molecule has 5 aromatic rings. The average molecular weight is 991 g/mol. The van der Waals surface area contributed by atoms with Crippen molar-refractivity contribution < 1.29 is 36.7 Å². The molecule has 4 amide bonds. The van der Waals surface area contributed by atoms with Gasteiger partial charge in [0.1, 0.15) is 29.0 Å². The molecule has 11 rings (SSSR count). The van der Waals surface area contributed by atoms with E-state index >= 15 is 8.78 Å². The molecule has 5 fully saturated rings. The first kappa shape index (κ1) is 47.9. The number of anilines is 2. The third kappa shape index (κ3) is 8.45. The van der Waals surface area contributed by atoms with Gasteiger partial charge in [-0.15, -0.1) is 0 Å². The minimum absolute atomic E-state index is 0.000221. The van der Waals surface area contributed by atoms with E-state index in [9.17, 15) is 32.8 Å². The number of nitrogens with one attached hydrogen (secondary N) is 1. The molecule has 1 saturated carbocycles. The van der Waals surface area contributed by atoms with Crippen molar-refractivity contribution in [2.75, 3.05) is 63.0 Å². The Kier molecular flexibility index (Phi) is 12.3. The molecule has 0 bridgehead atoms. The number of nitrogens with two attached hydrogens (primary N) is 1. The number of amides is 4. The van der Waals surface area contributed by atoms with E-state index in [1.165, 1.54) is 24.4 Å². The fraction of sp³-hybridized carbons (Fsp3) is 0.472. The third-order valence-electron chi connectivity index (χ3n) is 16.5. The van der Waals surface area contributed by atoms with Crippen LogP contribution in [0.2, 0.25) is 0 Å². The summed E-state index contributed by atoms with van der Waals surface area (Å²) in [5.74, 6) is -4.97. The molecule has 3 aromatic heterocycles. The van der Waals surface area contributed by atoms with Gasteiger partial charge in [-0.3, -0.25) is 53.5 Å². The van der Waals surface area contributed by atoms with Gasteiger partial charge >= 0.3 is 0 Å². The number of piperidine rings is 3. The Morgan fingerprint density at radius 1 is 0.833 bits per heavy atom. The summed E-state index contributed by atoms with van der Waals surface area (Å²) < 4.78 is 63.3. The lowest BCUT2D eigenvalue weighted by molar-refractivity contribution is -0.135. The molecule has 1 unspecified atom stereocenters. The van der Waals surface area contributed by atoms with Crippen molar-refractivity contribution in [1.82, 2.24) is 39.0 Å². The van der Waals surface area contributed by atoms with Gasteiger partial charge in [-0.25, -0.2) is 18.2 Å². The highest BCUT2D eigenvalue weighted by Gasteiger charge is 2.61. The van der Waals surface area contributed by atoms with Gasteiger partial charge in [0.15, 0.2) is 5.82 Å². The predicted molar refractivity (Wildman–Crippen MR) is 260 cm³/mol. The summed E-state index contributed by atoms with van der Waals surface area (Å²) in [6.45, 7) is 9.12. The maximum absolute atomic E-state index is 15.9. The first-order chi connectivity index (χ1) is 34.6. The van der Waals surface area contributed by atoms with Gasteiger partial charge < -0.3 is 15.2 Å². The number of nitrogens with zero attached hydrogens (tertiary/aromatic N) is 8. The van der Waals surface area contributed by atoms with Crippen molar-refractivity contribution in [3.63, 3.8) is 0 Å². The van der Waals surface area contributed by atoms with Crippen molar-refractivity contribution in [2.24, 2.45) is 13.0 Å². The average Bonchev–Trinajstić information content (AvgIpc) is 4.07. The van der Waals surface area contributed by atoms with Crippen LogP contribution in [0.5, 0.6) is 0 Å². The topological polar surface area (TPSA) is 162 Å². The van der Waals surface area contributed by atoms with Gasteiger partial charge in [0.25, 0.3) is 11.5 Å². The summed E-state index contributed by atoms with van der Waals surface area (Å²) in [7, 11) is 1.81. The van der Waals surface area contributed by atoms with Gasteiger partial charge in [0, 0.05) is 106 Å². The zero-order valence-electron chi connectivity index (χ0n) is 40.4. The minimum atomic E-state index is -1.37. The van der Waals surface area contributed by atoms with Crippen molar-refractivity contribution in [2.45, 2.75) is 94.8 Å². The second-order valence-electron chi connectivity index (χ2n) is 20.9. The lowest BCUT2D eigenvalue weighted by Gasteiger charge is -2.42. The van der Waals surface area contributed by atoms with Gasteiger partial charge in [-0.2, -0.15) is 4.39 Å². The van der Waals surface area contributed by atoms with Crippen molar-refractivity contribution in [3.05, 3.63) is 116 Å². The highest BCUT2D eigenvalue weighted by molar-refractivity contribution is 6.15. The number of fused-ring (bicyclic) bond motifs is 3. The normalized spacial score (nSPS) is 22.3. The number of imide groups is 1. The number of benzene rings is 2. The molecule has 2 aromatic carbocycles. The van der Waals surface area contributed by atoms with E-state index in [0.717, 1.165) is 91.7 Å². The van der Waals surface area contributed by atoms with E-state index < -0.39 is 51.9 Å². The van der Waals surface area contributed by atoms with E-state index in [1.807, 2.05) is 23.7 Å². The number of carbonyl (C=O) groups is 4. The van der Waals surface area contributed by atoms with Crippen LogP contribution in [0.4, 0.5) is 28.9 Å². The number of pyridine rings is 2. The van der Waals surface area contributed by atoms with Crippen LogP contribution in [-0.4, -0.2) is 122 Å². The summed E-state index contributed by atoms with van der Waals surface area (Å²) >= 11 is 0. The molecule has 0 radical (unpaired) electrons. The zero-order chi connectivity index (χ0) is 50.3. The largest absolute Gasteiger partial charge is 0.394 e. The van der Waals surface area contributed by atoms with Crippen LogP contribution in [0.1, 0.15) is 97.0 Å². The lowest BCUT2D eigenvalue weighted by Crippen LogP contribution is -2.54. The molecule has 378 valence electrons. The second-order valence-corrected chi connectivity index (χ2v) is 20.9. The number of aromatic nitrogens is 3. The van der Waals surface area contributed by atoms with Gasteiger partial charge in [0.2, 0.25) is 23.5 Å². The smallest absolute Gasteiger partial charge is 0.293 e. The molecule has 8 heterocycles. The van der Waals surface area contributed by atoms with Crippen molar-refractivity contribution in [1.29, 1.82) is 0 Å². The van der Waals surface area contributed by atoms with E-state index in [2.05, 4.69) is 44.1 Å². The fourth-order valence-electron chi connectivity index (χ4n) is 12.2. The summed E-state index contributed by atoms with van der Waals surface area (Å²) in [6.07, 6.45) is 6.96.